The van der Waals surface area contributed by atoms with E-state index in [1.54, 1.807) is 0 Å². The fourth-order valence-corrected chi connectivity index (χ4v) is 3.68. The van der Waals surface area contributed by atoms with Crippen molar-refractivity contribution in [2.45, 2.75) is 99.7 Å². The van der Waals surface area contributed by atoms with Gasteiger partial charge in [0.2, 0.25) is 0 Å². The molecule has 5 rings (SSSR count). The van der Waals surface area contributed by atoms with Crippen LogP contribution < -0.4 is 0 Å². The van der Waals surface area contributed by atoms with Crippen molar-refractivity contribution in [2.24, 2.45) is 29.1 Å². The zero-order valence-electron chi connectivity index (χ0n) is 24.2. The van der Waals surface area contributed by atoms with Crippen LogP contribution in [0.3, 0.4) is 0 Å². The molecule has 0 aliphatic carbocycles. The molecule has 5 fully saturated rings. The van der Waals surface area contributed by atoms with E-state index in [-0.39, 0.29) is 65.2 Å². The molecule has 0 aromatic carbocycles. The third-order valence-corrected chi connectivity index (χ3v) is 6.85. The van der Waals surface area contributed by atoms with E-state index >= 15 is 0 Å². The Kier molecular flexibility index (Phi) is 13.8. The van der Waals surface area contributed by atoms with Crippen LogP contribution in [-0.2, 0) is 47.7 Å². The van der Waals surface area contributed by atoms with Crippen LogP contribution in [0.4, 0.5) is 0 Å². The molecule has 0 bridgehead atoms. The van der Waals surface area contributed by atoms with Crippen LogP contribution in [-0.4, -0.2) is 61.9 Å². The van der Waals surface area contributed by atoms with E-state index in [2.05, 4.69) is 9.47 Å². The Balaban J connectivity index is 0.000000238. The molecule has 10 nitrogen and oxygen atoms in total. The maximum absolute atomic E-state index is 10.8. The first-order chi connectivity index (χ1) is 17.6. The van der Waals surface area contributed by atoms with Gasteiger partial charge in [0.05, 0.1) is 56.2 Å². The second-order valence-corrected chi connectivity index (χ2v) is 11.4. The normalized spacial score (nSPS) is 32.4. The van der Waals surface area contributed by atoms with Crippen LogP contribution in [0.5, 0.6) is 0 Å². The van der Waals surface area contributed by atoms with Crippen molar-refractivity contribution in [1.29, 1.82) is 0 Å². The maximum atomic E-state index is 10.8. The van der Waals surface area contributed by atoms with Crippen LogP contribution in [0.2, 0.25) is 0 Å². The summed E-state index contributed by atoms with van der Waals surface area (Å²) in [5, 5.41) is 0. The highest BCUT2D eigenvalue weighted by molar-refractivity contribution is 5.75. The molecule has 10 heteroatoms. The maximum Gasteiger partial charge on any atom is 0.309 e. The molecule has 0 saturated carbocycles. The van der Waals surface area contributed by atoms with Gasteiger partial charge in [0.15, 0.2) is 0 Å². The minimum absolute atomic E-state index is 0.0417. The Morgan fingerprint density at radius 2 is 1.34 bits per heavy atom. The third-order valence-electron chi connectivity index (χ3n) is 6.85. The van der Waals surface area contributed by atoms with Crippen LogP contribution in [0.1, 0.15) is 87.5 Å². The molecular weight excluding hydrogens is 496 g/mol. The van der Waals surface area contributed by atoms with Gasteiger partial charge in [0.25, 0.3) is 0 Å². The molecule has 38 heavy (non-hydrogen) atoms. The summed E-state index contributed by atoms with van der Waals surface area (Å²) >= 11 is 0. The second kappa shape index (κ2) is 15.7. The number of carbonyl (C=O) groups excluding carboxylic acids is 5. The molecular formula is C28H46O10. The van der Waals surface area contributed by atoms with Gasteiger partial charge in [-0.3, -0.25) is 24.0 Å². The number of rotatable bonds is 0. The van der Waals surface area contributed by atoms with Crippen molar-refractivity contribution < 1.29 is 47.7 Å². The van der Waals surface area contributed by atoms with Crippen LogP contribution in [0.25, 0.3) is 0 Å². The Morgan fingerprint density at radius 3 is 1.47 bits per heavy atom. The van der Waals surface area contributed by atoms with E-state index in [9.17, 15) is 24.0 Å². The Hall–Kier alpha value is -2.65. The van der Waals surface area contributed by atoms with E-state index in [1.807, 2.05) is 55.4 Å². The number of cyclic esters (lactones) is 5. The van der Waals surface area contributed by atoms with Crippen molar-refractivity contribution in [3.05, 3.63) is 0 Å². The first-order valence-corrected chi connectivity index (χ1v) is 13.5. The van der Waals surface area contributed by atoms with Gasteiger partial charge in [0.1, 0.15) is 0 Å². The zero-order chi connectivity index (χ0) is 29.0. The molecule has 5 aliphatic heterocycles. The van der Waals surface area contributed by atoms with Crippen LogP contribution >= 0.6 is 0 Å². The van der Waals surface area contributed by atoms with E-state index in [0.29, 0.717) is 38.6 Å². The summed E-state index contributed by atoms with van der Waals surface area (Å²) in [5.41, 5.74) is 0.0527. The molecule has 5 heterocycles. The molecule has 6 atom stereocenters. The van der Waals surface area contributed by atoms with Gasteiger partial charge < -0.3 is 23.7 Å². The van der Waals surface area contributed by atoms with E-state index in [4.69, 9.17) is 14.2 Å². The SMILES string of the molecule is CC1C(=O)OCC1(C)C.CC1CC(C)C(=O)O1.CC1CCC(=O)O1.CC1CCOC1=O.CC1COC(=O)C1. The van der Waals surface area contributed by atoms with Crippen molar-refractivity contribution in [3.8, 4) is 0 Å². The standard InChI is InChI=1S/C7H12O2.C6H10O2.3C5H8O2/c1-5-6(8)9-4-7(5,2)3;1-4-3-5(2)8-6(4)7;1-4-2-5(6)7-3-4;1-4-2-3-7-5(4)6;1-4-2-3-5(6)7-4/h5H,4H2,1-3H3;4-5H,3H2,1-2H3;3*4H,2-3H2,1H3. The minimum Gasteiger partial charge on any atom is -0.465 e. The summed E-state index contributed by atoms with van der Waals surface area (Å²) in [6.07, 6.45) is 4.24. The first-order valence-electron chi connectivity index (χ1n) is 13.5. The van der Waals surface area contributed by atoms with Gasteiger partial charge >= 0.3 is 29.8 Å². The largest absolute Gasteiger partial charge is 0.465 e. The van der Waals surface area contributed by atoms with Crippen molar-refractivity contribution >= 4 is 29.8 Å². The topological polar surface area (TPSA) is 132 Å². The first kappa shape index (κ1) is 33.4. The third kappa shape index (κ3) is 12.3. The summed E-state index contributed by atoms with van der Waals surface area (Å²) in [7, 11) is 0. The lowest BCUT2D eigenvalue weighted by Crippen LogP contribution is -2.20. The van der Waals surface area contributed by atoms with E-state index in [1.165, 1.54) is 0 Å². The molecule has 0 aromatic heterocycles. The molecule has 6 unspecified atom stereocenters. The summed E-state index contributed by atoms with van der Waals surface area (Å²) in [4.78, 5) is 52.1. The molecule has 0 radical (unpaired) electrons. The average Bonchev–Trinajstić information content (AvgIpc) is 3.62. The Bertz CT molecular complexity index is 796. The molecule has 218 valence electrons. The van der Waals surface area contributed by atoms with E-state index in [0.717, 1.165) is 19.3 Å². The quantitative estimate of drug-likeness (QED) is 0.327. The smallest absolute Gasteiger partial charge is 0.309 e. The fourth-order valence-electron chi connectivity index (χ4n) is 3.68. The summed E-state index contributed by atoms with van der Waals surface area (Å²) in [6, 6.07) is 0. The van der Waals surface area contributed by atoms with Gasteiger partial charge in [-0.1, -0.05) is 41.5 Å². The molecule has 0 aromatic rings. The van der Waals surface area contributed by atoms with Crippen molar-refractivity contribution in [1.82, 2.24) is 0 Å². The monoisotopic (exact) mass is 542 g/mol. The molecule has 0 spiro atoms. The summed E-state index contributed by atoms with van der Waals surface area (Å²) < 4.78 is 23.7. The predicted octanol–water partition coefficient (Wildman–Crippen LogP) is 4.01. The Morgan fingerprint density at radius 1 is 0.684 bits per heavy atom. The fraction of sp³-hybridized carbons (Fsp3) is 0.821. The predicted molar refractivity (Wildman–Crippen MR) is 138 cm³/mol. The second-order valence-electron chi connectivity index (χ2n) is 11.4. The van der Waals surface area contributed by atoms with Gasteiger partial charge in [-0.2, -0.15) is 0 Å². The zero-order valence-corrected chi connectivity index (χ0v) is 24.2. The van der Waals surface area contributed by atoms with Gasteiger partial charge in [-0.15, -0.1) is 0 Å². The van der Waals surface area contributed by atoms with E-state index < -0.39 is 0 Å². The lowest BCUT2D eigenvalue weighted by atomic mass is 9.83. The number of esters is 5. The lowest BCUT2D eigenvalue weighted by Gasteiger charge is -2.16. The number of ether oxygens (including phenoxy) is 5. The lowest BCUT2D eigenvalue weighted by molar-refractivity contribution is -0.143. The number of hydrogen-bond acceptors (Lipinski definition) is 10. The van der Waals surface area contributed by atoms with Crippen LogP contribution in [0.15, 0.2) is 0 Å². The average molecular weight is 543 g/mol. The molecule has 5 saturated heterocycles. The van der Waals surface area contributed by atoms with Gasteiger partial charge in [0, 0.05) is 17.8 Å². The summed E-state index contributed by atoms with van der Waals surface area (Å²) in [6.45, 7) is 17.4. The number of carbonyl (C=O) groups is 5. The Labute approximate surface area is 226 Å². The van der Waals surface area contributed by atoms with Gasteiger partial charge in [-0.25, -0.2) is 0 Å². The van der Waals surface area contributed by atoms with Crippen molar-refractivity contribution in [2.75, 3.05) is 19.8 Å². The highest BCUT2D eigenvalue weighted by Gasteiger charge is 2.39. The highest BCUT2D eigenvalue weighted by Crippen LogP contribution is 2.33. The minimum atomic E-state index is -0.0556. The molecule has 0 N–H and O–H groups in total. The number of hydrogen-bond donors (Lipinski definition) is 0. The molecule has 5 aliphatic rings. The van der Waals surface area contributed by atoms with Gasteiger partial charge in [-0.05, 0) is 33.1 Å². The van der Waals surface area contributed by atoms with Crippen molar-refractivity contribution in [3.63, 3.8) is 0 Å². The molecule has 0 amide bonds. The van der Waals surface area contributed by atoms with Crippen LogP contribution in [0, 0.1) is 29.1 Å². The summed E-state index contributed by atoms with van der Waals surface area (Å²) in [5.74, 6) is 0.563. The highest BCUT2D eigenvalue weighted by atomic mass is 16.6.